The predicted octanol–water partition coefficient (Wildman–Crippen LogP) is 2.29. The van der Waals surface area contributed by atoms with E-state index in [4.69, 9.17) is 10.5 Å². The van der Waals surface area contributed by atoms with Crippen LogP contribution in [0.4, 0.5) is 4.79 Å². The van der Waals surface area contributed by atoms with Gasteiger partial charge in [0, 0.05) is 56.5 Å². The van der Waals surface area contributed by atoms with E-state index in [9.17, 15) is 44.2 Å². The van der Waals surface area contributed by atoms with Crippen LogP contribution >= 0.6 is 0 Å². The summed E-state index contributed by atoms with van der Waals surface area (Å²) in [6.07, 6.45) is 5.74. The van der Waals surface area contributed by atoms with Gasteiger partial charge in [0.2, 0.25) is 17.7 Å². The molecular weight excluding hydrogens is 851 g/mol. The molecule has 3 saturated carbocycles. The largest absolute Gasteiger partial charge is 0.784 e. The van der Waals surface area contributed by atoms with E-state index in [1.165, 1.54) is 6.92 Å². The number of amides is 5. The first-order valence-electron chi connectivity index (χ1n) is 24.6. The normalized spacial score (nSPS) is 29.9. The summed E-state index contributed by atoms with van der Waals surface area (Å²) in [7, 11) is 0. The quantitative estimate of drug-likeness (QED) is 0.0296. The Kier molecular flexibility index (Phi) is 19.7. The van der Waals surface area contributed by atoms with Gasteiger partial charge < -0.3 is 52.2 Å². The van der Waals surface area contributed by atoms with E-state index in [0.717, 1.165) is 25.7 Å². The summed E-state index contributed by atoms with van der Waals surface area (Å²) in [4.78, 5) is 83.1. The highest BCUT2D eigenvalue weighted by molar-refractivity contribution is 6.41. The van der Waals surface area contributed by atoms with Crippen LogP contribution in [0, 0.1) is 34.8 Å². The lowest BCUT2D eigenvalue weighted by atomic mass is 9.89. The molecule has 3 aliphatic carbocycles. The molecule has 0 aromatic carbocycles. The summed E-state index contributed by atoms with van der Waals surface area (Å²) in [6, 6.07) is -1.74. The van der Waals surface area contributed by atoms with Crippen LogP contribution in [0.2, 0.25) is 0 Å². The second-order valence-corrected chi connectivity index (χ2v) is 20.6. The summed E-state index contributed by atoms with van der Waals surface area (Å²) < 4.78 is 5.25. The van der Waals surface area contributed by atoms with Gasteiger partial charge in [-0.3, -0.25) is 34.6 Å². The molecule has 1 aliphatic heterocycles. The molecule has 12 atom stereocenters. The number of hydroxylamine groups is 2. The van der Waals surface area contributed by atoms with E-state index >= 15 is 0 Å². The lowest BCUT2D eigenvalue weighted by Gasteiger charge is -2.37. The average molecular weight is 933 g/mol. The molecule has 0 aromatic heterocycles. The molecule has 1 heterocycles. The Hall–Kier alpha value is -3.59. The fraction of sp³-hybridized carbons (Fsp3) is 0.851. The van der Waals surface area contributed by atoms with E-state index in [1.54, 1.807) is 20.8 Å². The number of unbranched alkanes of at least 4 members (excludes halogenated alkanes) is 1. The van der Waals surface area contributed by atoms with Gasteiger partial charge in [-0.15, -0.1) is 0 Å². The van der Waals surface area contributed by atoms with E-state index in [-0.39, 0.29) is 85.8 Å². The number of hydrogen-bond acceptors (Lipinski definition) is 14. The van der Waals surface area contributed by atoms with Crippen LogP contribution in [0.5, 0.6) is 0 Å². The van der Waals surface area contributed by atoms with Crippen LogP contribution in [-0.4, -0.2) is 136 Å². The van der Waals surface area contributed by atoms with Crippen LogP contribution in [-0.2, 0) is 28.7 Å². The van der Waals surface area contributed by atoms with Crippen molar-refractivity contribution < 1.29 is 43.7 Å². The molecule has 66 heavy (non-hydrogen) atoms. The number of alkyl carbamates (subject to hydrolysis) is 1. The molecule has 4 rings (SSSR count). The summed E-state index contributed by atoms with van der Waals surface area (Å²) >= 11 is 0. The molecule has 5 unspecified atom stereocenters. The standard InChI is InChI=1S/C47H82N9O10/c1-10-14-16-35(28(5)54-46(22-32(46)13-4)41(62)53-37(29(6)58)26-56(65)45(27-57)21-31(45)12-3)51-38(59)18-17-30-24-49-25-34(30)40(61)55-47(23-33(47)15-11-2)42(63)52-36(39(48)60)19-20-50-43(64)66-44(7,8)9/h28,30-36,40,49,54-55,57,61H,10-27H2,1-9H3,(H2,48,60)(H,50,64)(H,51,59)(H,52,63)/q-1/t28?,30?,31-,32+,33?,34+,35+,36+,40?,45?,46-,47-/m1/s1. The number of nitrogens with one attached hydrogen (secondary N) is 6. The highest BCUT2D eigenvalue weighted by Gasteiger charge is 2.62. The van der Waals surface area contributed by atoms with Crippen LogP contribution in [0.3, 0.4) is 0 Å². The number of hydrogen-bond donors (Lipinski definition) is 9. The summed E-state index contributed by atoms with van der Waals surface area (Å²) in [5.41, 5.74) is 1.71. The minimum atomic E-state index is -1.12. The molecule has 0 bridgehead atoms. The zero-order valence-electron chi connectivity index (χ0n) is 41.1. The lowest BCUT2D eigenvalue weighted by molar-refractivity contribution is -0.131. The fourth-order valence-electron chi connectivity index (χ4n) is 10.1. The number of nitrogens with zero attached hydrogens (tertiary/aromatic N) is 2. The second kappa shape index (κ2) is 23.6. The van der Waals surface area contributed by atoms with Gasteiger partial charge >= 0.3 is 6.09 Å². The minimum Gasteiger partial charge on any atom is -0.784 e. The zero-order chi connectivity index (χ0) is 49.2. The van der Waals surface area contributed by atoms with E-state index in [0.29, 0.717) is 63.1 Å². The molecule has 0 aromatic rings. The number of ether oxygens (including phenoxy) is 1. The van der Waals surface area contributed by atoms with Crippen molar-refractivity contribution in [3.05, 3.63) is 5.21 Å². The first-order valence-corrected chi connectivity index (χ1v) is 24.6. The van der Waals surface area contributed by atoms with E-state index in [1.807, 2.05) is 27.7 Å². The van der Waals surface area contributed by atoms with Crippen molar-refractivity contribution in [1.29, 1.82) is 0 Å². The van der Waals surface area contributed by atoms with Gasteiger partial charge in [0.1, 0.15) is 34.7 Å². The van der Waals surface area contributed by atoms with Crippen molar-refractivity contribution in [3.63, 3.8) is 0 Å². The van der Waals surface area contributed by atoms with Crippen molar-refractivity contribution in [2.24, 2.45) is 40.3 Å². The molecule has 4 aliphatic rings. The SMILES string of the molecule is CCCC[C@H](NC(=O)CCC1CNC[C@@H]1C(O)N[C@]1(C(=O)N[C@@H](CCNC(=O)OC(C)(C)C)C(N)=O)CC1CCC)C(C)N[C@]1(C(=O)N=C(CN([O-])C2(CO)C[C@H]2CC)C(C)=O)C[C@@H]1CC. The van der Waals surface area contributed by atoms with Gasteiger partial charge in [-0.25, -0.2) is 9.79 Å². The number of primary amides is 1. The third-order valence-electron chi connectivity index (χ3n) is 14.5. The first kappa shape index (κ1) is 55.0. The fourth-order valence-corrected chi connectivity index (χ4v) is 10.1. The Bertz CT molecular complexity index is 1740. The average Bonchev–Trinajstić information content (AvgIpc) is 4.20. The smallest absolute Gasteiger partial charge is 0.407 e. The predicted molar refractivity (Wildman–Crippen MR) is 251 cm³/mol. The topological polar surface area (TPSA) is 289 Å². The summed E-state index contributed by atoms with van der Waals surface area (Å²) in [5, 5.41) is 54.2. The Morgan fingerprint density at radius 2 is 1.61 bits per heavy atom. The van der Waals surface area contributed by atoms with Crippen LogP contribution in [0.25, 0.3) is 0 Å². The molecule has 1 saturated heterocycles. The summed E-state index contributed by atoms with van der Waals surface area (Å²) in [5.74, 6) is -2.89. The molecule has 19 nitrogen and oxygen atoms in total. The lowest BCUT2D eigenvalue weighted by Crippen LogP contribution is -2.58. The Morgan fingerprint density at radius 3 is 2.17 bits per heavy atom. The first-order chi connectivity index (χ1) is 31.1. The van der Waals surface area contributed by atoms with Gasteiger partial charge in [0.05, 0.1) is 6.61 Å². The van der Waals surface area contributed by atoms with Crippen molar-refractivity contribution in [1.82, 2.24) is 37.0 Å². The number of carbonyl (C=O) groups excluding carboxylic acids is 6. The van der Waals surface area contributed by atoms with Crippen molar-refractivity contribution >= 4 is 41.2 Å². The molecule has 19 heteroatoms. The Balaban J connectivity index is 1.37. The summed E-state index contributed by atoms with van der Waals surface area (Å²) in [6.45, 7) is 16.8. The van der Waals surface area contributed by atoms with Crippen LogP contribution in [0.1, 0.15) is 146 Å². The highest BCUT2D eigenvalue weighted by atomic mass is 16.6. The highest BCUT2D eigenvalue weighted by Crippen LogP contribution is 2.51. The number of ketones is 1. The number of aliphatic hydroxyl groups is 2. The zero-order valence-corrected chi connectivity index (χ0v) is 41.1. The molecule has 0 radical (unpaired) electrons. The molecular formula is C47H82N9O10-. The number of rotatable bonds is 29. The molecule has 4 fully saturated rings. The molecule has 10 N–H and O–H groups in total. The van der Waals surface area contributed by atoms with Crippen molar-refractivity contribution in [3.8, 4) is 0 Å². The minimum absolute atomic E-state index is 0.0136. The maximum Gasteiger partial charge on any atom is 0.407 e. The number of nitrogens with two attached hydrogens (primary N) is 1. The van der Waals surface area contributed by atoms with Gasteiger partial charge in [-0.2, -0.15) is 0 Å². The Labute approximate surface area is 391 Å². The molecule has 376 valence electrons. The van der Waals surface area contributed by atoms with Gasteiger partial charge in [0.25, 0.3) is 5.91 Å². The number of Topliss-reactive ketones (excluding diaryl/α,β-unsaturated/α-hetero) is 1. The van der Waals surface area contributed by atoms with Gasteiger partial charge in [-0.05, 0) is 103 Å². The maximum absolute atomic E-state index is 14.0. The third-order valence-corrected chi connectivity index (χ3v) is 14.5. The monoisotopic (exact) mass is 933 g/mol. The molecule has 5 amide bonds. The van der Waals surface area contributed by atoms with Crippen molar-refractivity contribution in [2.75, 3.05) is 32.8 Å². The van der Waals surface area contributed by atoms with E-state index < -0.39 is 64.1 Å². The van der Waals surface area contributed by atoms with Crippen molar-refractivity contribution in [2.45, 2.75) is 192 Å². The third kappa shape index (κ3) is 14.0. The van der Waals surface area contributed by atoms with E-state index in [2.05, 4.69) is 43.8 Å². The number of aliphatic imine (C=N–C) groups is 1. The second-order valence-electron chi connectivity index (χ2n) is 20.6. The Morgan fingerprint density at radius 1 is 0.924 bits per heavy atom. The molecule has 0 spiro atoms. The van der Waals surface area contributed by atoms with Crippen LogP contribution in [0.15, 0.2) is 4.99 Å². The maximum atomic E-state index is 14.0. The van der Waals surface area contributed by atoms with Gasteiger partial charge in [0.15, 0.2) is 5.78 Å². The number of carbonyl (C=O) groups is 6. The number of aliphatic hydroxyl groups excluding tert-OH is 2. The van der Waals surface area contributed by atoms with Crippen LogP contribution < -0.4 is 37.6 Å². The van der Waals surface area contributed by atoms with Gasteiger partial charge in [-0.1, -0.05) is 59.8 Å².